The molecule has 0 aromatic rings. The summed E-state index contributed by atoms with van der Waals surface area (Å²) in [5, 5.41) is 0. The first-order valence-electron chi connectivity index (χ1n) is 9.35. The van der Waals surface area contributed by atoms with Gasteiger partial charge < -0.3 is 4.74 Å². The lowest BCUT2D eigenvalue weighted by Crippen LogP contribution is -2.65. The summed E-state index contributed by atoms with van der Waals surface area (Å²) in [6, 6.07) is 0. The number of fused-ring (bicyclic) bond motifs is 1. The van der Waals surface area contributed by atoms with Crippen molar-refractivity contribution >= 4 is 5.97 Å². The Morgan fingerprint density at radius 3 is 2.86 bits per heavy atom. The Labute approximate surface area is 133 Å². The Morgan fingerprint density at radius 2 is 2.00 bits per heavy atom. The number of hydrogen-bond acceptors (Lipinski definition) is 2. The highest BCUT2D eigenvalue weighted by molar-refractivity contribution is 5.79. The van der Waals surface area contributed by atoms with E-state index in [1.807, 2.05) is 0 Å². The minimum absolute atomic E-state index is 0.140. The topological polar surface area (TPSA) is 26.3 Å². The molecule has 0 aromatic carbocycles. The second kappa shape index (κ2) is 3.99. The van der Waals surface area contributed by atoms with Crippen LogP contribution in [0.2, 0.25) is 0 Å². The van der Waals surface area contributed by atoms with E-state index in [0.29, 0.717) is 23.9 Å². The third kappa shape index (κ3) is 1.37. The van der Waals surface area contributed by atoms with Gasteiger partial charge >= 0.3 is 5.97 Å². The summed E-state index contributed by atoms with van der Waals surface area (Å²) in [5.41, 5.74) is 1.99. The van der Waals surface area contributed by atoms with Crippen LogP contribution in [0.5, 0.6) is 0 Å². The molecular weight excluding hydrogens is 272 g/mol. The first-order valence-corrected chi connectivity index (χ1v) is 9.35. The molecule has 120 valence electrons. The Bertz CT molecular complexity index is 566. The second-order valence-electron chi connectivity index (χ2n) is 9.44. The largest absolute Gasteiger partial charge is 0.465 e. The lowest BCUT2D eigenvalue weighted by Gasteiger charge is -2.65. The van der Waals surface area contributed by atoms with Gasteiger partial charge in [-0.2, -0.15) is 0 Å². The molecule has 5 fully saturated rings. The number of rotatable bonds is 0. The molecule has 1 saturated heterocycles. The highest BCUT2D eigenvalue weighted by Crippen LogP contribution is 2.73. The van der Waals surface area contributed by atoms with Crippen LogP contribution in [0.1, 0.15) is 64.7 Å². The van der Waals surface area contributed by atoms with Gasteiger partial charge in [-0.05, 0) is 74.5 Å². The van der Waals surface area contributed by atoms with E-state index in [9.17, 15) is 4.79 Å². The van der Waals surface area contributed by atoms with Gasteiger partial charge in [0.25, 0.3) is 0 Å². The number of carbonyl (C=O) groups is 1. The summed E-state index contributed by atoms with van der Waals surface area (Å²) in [6.07, 6.45) is 11.2. The van der Waals surface area contributed by atoms with Crippen LogP contribution in [-0.2, 0) is 9.53 Å². The predicted molar refractivity (Wildman–Crippen MR) is 85.1 cm³/mol. The minimum Gasteiger partial charge on any atom is -0.465 e. The molecule has 5 aliphatic rings. The molecule has 0 amide bonds. The number of hydrogen-bond donors (Lipinski definition) is 0. The number of carbonyl (C=O) groups excluding carboxylic acids is 1. The van der Waals surface area contributed by atoms with E-state index in [-0.39, 0.29) is 16.8 Å². The fourth-order valence-corrected chi connectivity index (χ4v) is 7.85. The van der Waals surface area contributed by atoms with Crippen LogP contribution >= 0.6 is 0 Å². The number of ether oxygens (including phenoxy) is 1. The van der Waals surface area contributed by atoms with Gasteiger partial charge in [0.05, 0.1) is 12.0 Å². The quantitative estimate of drug-likeness (QED) is 0.486. The minimum atomic E-state index is -0.140. The van der Waals surface area contributed by atoms with Crippen molar-refractivity contribution in [3.05, 3.63) is 12.2 Å². The predicted octanol–water partition coefficient (Wildman–Crippen LogP) is 4.49. The normalized spacial score (nSPS) is 56.1. The van der Waals surface area contributed by atoms with E-state index in [1.54, 1.807) is 0 Å². The van der Waals surface area contributed by atoms with E-state index in [0.717, 1.165) is 12.3 Å². The molecule has 4 aliphatic carbocycles. The van der Waals surface area contributed by atoms with E-state index in [4.69, 9.17) is 4.74 Å². The first kappa shape index (κ1) is 13.6. The zero-order chi connectivity index (χ0) is 15.2. The zero-order valence-electron chi connectivity index (χ0n) is 13.8. The fourth-order valence-electron chi connectivity index (χ4n) is 7.85. The molecular formula is C20H28O2. The van der Waals surface area contributed by atoms with Crippen molar-refractivity contribution < 1.29 is 9.53 Å². The average Bonchev–Trinajstić information content (AvgIpc) is 2.73. The molecule has 2 heteroatoms. The molecule has 6 atom stereocenters. The van der Waals surface area contributed by atoms with E-state index < -0.39 is 0 Å². The van der Waals surface area contributed by atoms with Crippen molar-refractivity contribution in [1.29, 1.82) is 0 Å². The van der Waals surface area contributed by atoms with Gasteiger partial charge in [-0.3, -0.25) is 4.79 Å². The van der Waals surface area contributed by atoms with Crippen LogP contribution in [0.3, 0.4) is 0 Å². The summed E-state index contributed by atoms with van der Waals surface area (Å²) in [4.78, 5) is 13.1. The van der Waals surface area contributed by atoms with Crippen molar-refractivity contribution in [2.75, 3.05) is 6.61 Å². The molecule has 0 aromatic heterocycles. The summed E-state index contributed by atoms with van der Waals surface area (Å²) in [7, 11) is 0. The number of cyclic esters (lactones) is 1. The summed E-state index contributed by atoms with van der Waals surface area (Å²) < 4.78 is 5.83. The maximum Gasteiger partial charge on any atom is 0.312 e. The summed E-state index contributed by atoms with van der Waals surface area (Å²) in [6.45, 7) is 7.45. The zero-order valence-corrected chi connectivity index (χ0v) is 13.8. The molecule has 1 heterocycles. The lowest BCUT2D eigenvalue weighted by atomic mass is 9.39. The van der Waals surface area contributed by atoms with Crippen LogP contribution < -0.4 is 0 Å². The molecule has 0 radical (unpaired) electrons. The molecule has 0 N–H and O–H groups in total. The molecule has 22 heavy (non-hydrogen) atoms. The van der Waals surface area contributed by atoms with Crippen LogP contribution in [0.25, 0.3) is 0 Å². The summed E-state index contributed by atoms with van der Waals surface area (Å²) >= 11 is 0. The molecule has 2 nitrogen and oxygen atoms in total. The van der Waals surface area contributed by atoms with Gasteiger partial charge in [0, 0.05) is 5.41 Å². The molecule has 5 rings (SSSR count). The van der Waals surface area contributed by atoms with Crippen LogP contribution in [-0.4, -0.2) is 12.6 Å². The van der Waals surface area contributed by atoms with Crippen LogP contribution in [0.4, 0.5) is 0 Å². The maximum absolute atomic E-state index is 13.1. The Balaban J connectivity index is 1.65. The SMILES string of the molecule is C=C1C[C@]23CC[C@H]4[C@]5(C)CCC[C@]4(C(=O)OC5)[C@H]2CC[C@H]1C3. The van der Waals surface area contributed by atoms with Gasteiger partial charge in [0.15, 0.2) is 0 Å². The van der Waals surface area contributed by atoms with Crippen LogP contribution in [0.15, 0.2) is 12.2 Å². The van der Waals surface area contributed by atoms with Gasteiger partial charge in [0.2, 0.25) is 0 Å². The molecule has 4 bridgehead atoms. The third-order valence-electron chi connectivity index (χ3n) is 8.62. The smallest absolute Gasteiger partial charge is 0.312 e. The van der Waals surface area contributed by atoms with Gasteiger partial charge in [-0.15, -0.1) is 0 Å². The number of allylic oxidation sites excluding steroid dienone is 1. The van der Waals surface area contributed by atoms with Crippen molar-refractivity contribution in [1.82, 2.24) is 0 Å². The highest BCUT2D eigenvalue weighted by atomic mass is 16.5. The van der Waals surface area contributed by atoms with Crippen LogP contribution in [0, 0.1) is 34.0 Å². The molecule has 4 saturated carbocycles. The second-order valence-corrected chi connectivity index (χ2v) is 9.44. The molecule has 1 spiro atoms. The monoisotopic (exact) mass is 300 g/mol. The molecule has 0 unspecified atom stereocenters. The standard InChI is InChI=1S/C20H28O2/c1-13-10-19-9-6-15-18(2)7-3-8-20(15,17(21)22-12-18)16(19)5-4-14(13)11-19/h14-16H,1,3-12H2,2H3/t14-,15-,16-,18+,19-,20+/m0/s1. The van der Waals surface area contributed by atoms with E-state index in [1.165, 1.54) is 56.9 Å². The van der Waals surface area contributed by atoms with Crippen molar-refractivity contribution in [2.45, 2.75) is 64.7 Å². The van der Waals surface area contributed by atoms with E-state index >= 15 is 0 Å². The van der Waals surface area contributed by atoms with Crippen molar-refractivity contribution in [2.24, 2.45) is 34.0 Å². The van der Waals surface area contributed by atoms with E-state index in [2.05, 4.69) is 13.5 Å². The number of esters is 1. The first-order chi connectivity index (χ1) is 10.5. The maximum atomic E-state index is 13.1. The van der Waals surface area contributed by atoms with Gasteiger partial charge in [0.1, 0.15) is 0 Å². The van der Waals surface area contributed by atoms with Crippen molar-refractivity contribution in [3.63, 3.8) is 0 Å². The molecule has 1 aliphatic heterocycles. The Morgan fingerprint density at radius 1 is 1.14 bits per heavy atom. The lowest BCUT2D eigenvalue weighted by molar-refractivity contribution is -0.231. The summed E-state index contributed by atoms with van der Waals surface area (Å²) in [5.74, 6) is 2.08. The van der Waals surface area contributed by atoms with Gasteiger partial charge in [-0.1, -0.05) is 25.5 Å². The highest BCUT2D eigenvalue weighted by Gasteiger charge is 2.70. The fraction of sp³-hybridized carbons (Fsp3) is 0.850. The Kier molecular flexibility index (Phi) is 2.47. The Hall–Kier alpha value is -0.790. The third-order valence-corrected chi connectivity index (χ3v) is 8.62. The average molecular weight is 300 g/mol. The van der Waals surface area contributed by atoms with Crippen molar-refractivity contribution in [3.8, 4) is 0 Å². The van der Waals surface area contributed by atoms with Gasteiger partial charge in [-0.25, -0.2) is 0 Å².